The average Bonchev–Trinajstić information content (AvgIpc) is 2.95. The highest BCUT2D eigenvalue weighted by atomic mass is 16.5. The Morgan fingerprint density at radius 3 is 2.89 bits per heavy atom. The van der Waals surface area contributed by atoms with E-state index in [1.54, 1.807) is 27.7 Å². The van der Waals surface area contributed by atoms with E-state index in [9.17, 15) is 4.79 Å². The lowest BCUT2D eigenvalue weighted by atomic mass is 10.3. The van der Waals surface area contributed by atoms with E-state index in [2.05, 4.69) is 5.10 Å². The van der Waals surface area contributed by atoms with Gasteiger partial charge in [-0.15, -0.1) is 0 Å². The smallest absolute Gasteiger partial charge is 0.355 e. The largest absolute Gasteiger partial charge is 0.461 e. The minimum absolute atomic E-state index is 0.333. The number of esters is 1. The van der Waals surface area contributed by atoms with Crippen LogP contribution >= 0.6 is 0 Å². The van der Waals surface area contributed by atoms with Crippen molar-refractivity contribution in [3.8, 4) is 0 Å². The number of rotatable bonds is 5. The van der Waals surface area contributed by atoms with Crippen molar-refractivity contribution in [3.05, 3.63) is 35.9 Å². The summed E-state index contributed by atoms with van der Waals surface area (Å²) >= 11 is 0. The molecule has 0 aliphatic rings. The van der Waals surface area contributed by atoms with Crippen LogP contribution in [0.1, 0.15) is 23.0 Å². The fourth-order valence-corrected chi connectivity index (χ4v) is 1.90. The van der Waals surface area contributed by atoms with Crippen LogP contribution < -0.4 is 5.73 Å². The molecule has 0 aliphatic carbocycles. The van der Waals surface area contributed by atoms with Crippen molar-refractivity contribution < 1.29 is 9.53 Å². The van der Waals surface area contributed by atoms with Gasteiger partial charge in [-0.2, -0.15) is 5.10 Å². The maximum absolute atomic E-state index is 11.9. The molecule has 102 valence electrons. The summed E-state index contributed by atoms with van der Waals surface area (Å²) in [4.78, 5) is 11.9. The van der Waals surface area contributed by atoms with Gasteiger partial charge in [0.05, 0.1) is 18.5 Å². The molecule has 0 radical (unpaired) electrons. The van der Waals surface area contributed by atoms with Crippen molar-refractivity contribution in [2.24, 2.45) is 7.05 Å². The molecule has 0 bridgehead atoms. The maximum atomic E-state index is 11.9. The van der Waals surface area contributed by atoms with E-state index < -0.39 is 0 Å². The van der Waals surface area contributed by atoms with E-state index in [1.165, 1.54) is 0 Å². The molecule has 0 aromatic carbocycles. The fourth-order valence-electron chi connectivity index (χ4n) is 1.90. The van der Waals surface area contributed by atoms with Crippen LogP contribution in [0.3, 0.4) is 0 Å². The molecule has 0 saturated heterocycles. The lowest BCUT2D eigenvalue weighted by Crippen LogP contribution is -2.12. The zero-order valence-electron chi connectivity index (χ0n) is 11.2. The van der Waals surface area contributed by atoms with E-state index in [1.807, 2.05) is 20.2 Å². The number of anilines is 1. The van der Waals surface area contributed by atoms with Crippen LogP contribution in [0.5, 0.6) is 0 Å². The summed E-state index contributed by atoms with van der Waals surface area (Å²) in [7, 11) is 1.85. The van der Waals surface area contributed by atoms with Gasteiger partial charge in [0.25, 0.3) is 0 Å². The molecule has 6 heteroatoms. The third kappa shape index (κ3) is 3.15. The summed E-state index contributed by atoms with van der Waals surface area (Å²) in [5.41, 5.74) is 7.78. The van der Waals surface area contributed by atoms with Crippen molar-refractivity contribution in [1.82, 2.24) is 14.3 Å². The monoisotopic (exact) mass is 262 g/mol. The first-order valence-corrected chi connectivity index (χ1v) is 6.20. The second kappa shape index (κ2) is 5.60. The molecule has 0 saturated carbocycles. The number of hydrogen-bond donors (Lipinski definition) is 1. The third-order valence-corrected chi connectivity index (χ3v) is 2.85. The van der Waals surface area contributed by atoms with Gasteiger partial charge in [-0.05, 0) is 18.6 Å². The molecule has 2 aromatic heterocycles. The summed E-state index contributed by atoms with van der Waals surface area (Å²) in [5, 5.41) is 4.06. The molecule has 0 unspecified atom stereocenters. The molecule has 0 amide bonds. The van der Waals surface area contributed by atoms with Gasteiger partial charge in [0.1, 0.15) is 5.69 Å². The SMILES string of the molecule is CCn1cc(N)cc1C(=O)OCCc1cnn(C)c1. The Kier molecular flexibility index (Phi) is 3.89. The van der Waals surface area contributed by atoms with E-state index in [-0.39, 0.29) is 5.97 Å². The Bertz CT molecular complexity index is 571. The first kappa shape index (κ1) is 13.2. The van der Waals surface area contributed by atoms with Gasteiger partial charge in [-0.3, -0.25) is 4.68 Å². The second-order valence-electron chi connectivity index (χ2n) is 4.35. The summed E-state index contributed by atoms with van der Waals surface area (Å²) in [6.07, 6.45) is 6.06. The van der Waals surface area contributed by atoms with Crippen LogP contribution in [-0.4, -0.2) is 26.9 Å². The molecule has 0 atom stereocenters. The fraction of sp³-hybridized carbons (Fsp3) is 0.385. The maximum Gasteiger partial charge on any atom is 0.355 e. The topological polar surface area (TPSA) is 75.1 Å². The number of nitrogens with two attached hydrogens (primary N) is 1. The first-order chi connectivity index (χ1) is 9.10. The number of ether oxygens (including phenoxy) is 1. The lowest BCUT2D eigenvalue weighted by Gasteiger charge is -2.06. The van der Waals surface area contributed by atoms with E-state index >= 15 is 0 Å². The standard InChI is InChI=1S/C13H18N4O2/c1-3-17-9-11(14)6-12(17)13(18)19-5-4-10-7-15-16(2)8-10/h6-9H,3-5,14H2,1-2H3. The Morgan fingerprint density at radius 2 is 2.26 bits per heavy atom. The van der Waals surface area contributed by atoms with Gasteiger partial charge in [-0.25, -0.2) is 4.79 Å². The summed E-state index contributed by atoms with van der Waals surface area (Å²) in [6.45, 7) is 2.97. The number of hydrogen-bond acceptors (Lipinski definition) is 4. The number of carbonyl (C=O) groups is 1. The number of aryl methyl sites for hydroxylation is 2. The van der Waals surface area contributed by atoms with Gasteiger partial charge < -0.3 is 15.0 Å². The summed E-state index contributed by atoms with van der Waals surface area (Å²) < 4.78 is 8.75. The Balaban J connectivity index is 1.90. The van der Waals surface area contributed by atoms with E-state index in [4.69, 9.17) is 10.5 Å². The number of aromatic nitrogens is 3. The second-order valence-corrected chi connectivity index (χ2v) is 4.35. The van der Waals surface area contributed by atoms with E-state index in [0.29, 0.717) is 31.0 Å². The molecule has 2 rings (SSSR count). The molecule has 0 spiro atoms. The zero-order chi connectivity index (χ0) is 13.8. The summed E-state index contributed by atoms with van der Waals surface area (Å²) in [5.74, 6) is -0.345. The first-order valence-electron chi connectivity index (χ1n) is 6.20. The Labute approximate surface area is 111 Å². The molecule has 0 aliphatic heterocycles. The highest BCUT2D eigenvalue weighted by molar-refractivity contribution is 5.89. The molecule has 0 fully saturated rings. The number of nitrogens with zero attached hydrogens (tertiary/aromatic N) is 3. The van der Waals surface area contributed by atoms with Crippen molar-refractivity contribution in [3.63, 3.8) is 0 Å². The molecule has 19 heavy (non-hydrogen) atoms. The van der Waals surface area contributed by atoms with E-state index in [0.717, 1.165) is 5.56 Å². The molecular weight excluding hydrogens is 244 g/mol. The zero-order valence-corrected chi connectivity index (χ0v) is 11.2. The van der Waals surface area contributed by atoms with Gasteiger partial charge in [0.15, 0.2) is 0 Å². The quantitative estimate of drug-likeness (QED) is 0.822. The highest BCUT2D eigenvalue weighted by Crippen LogP contribution is 2.12. The van der Waals surface area contributed by atoms with Crippen LogP contribution in [0.2, 0.25) is 0 Å². The lowest BCUT2D eigenvalue weighted by molar-refractivity contribution is 0.0497. The van der Waals surface area contributed by atoms with Gasteiger partial charge in [0, 0.05) is 32.4 Å². The minimum atomic E-state index is -0.345. The summed E-state index contributed by atoms with van der Waals surface area (Å²) in [6, 6.07) is 1.63. The molecule has 2 N–H and O–H groups in total. The Morgan fingerprint density at radius 1 is 1.47 bits per heavy atom. The minimum Gasteiger partial charge on any atom is -0.461 e. The van der Waals surface area contributed by atoms with Crippen LogP contribution in [0.15, 0.2) is 24.7 Å². The highest BCUT2D eigenvalue weighted by Gasteiger charge is 2.13. The number of nitrogen functional groups attached to an aromatic ring is 1. The van der Waals surface area contributed by atoms with Crippen LogP contribution in [0, 0.1) is 0 Å². The van der Waals surface area contributed by atoms with Crippen molar-refractivity contribution in [2.45, 2.75) is 19.9 Å². The average molecular weight is 262 g/mol. The molecule has 6 nitrogen and oxygen atoms in total. The van der Waals surface area contributed by atoms with Crippen molar-refractivity contribution in [2.75, 3.05) is 12.3 Å². The third-order valence-electron chi connectivity index (χ3n) is 2.85. The van der Waals surface area contributed by atoms with Crippen molar-refractivity contribution >= 4 is 11.7 Å². The predicted molar refractivity (Wildman–Crippen MR) is 71.7 cm³/mol. The van der Waals surface area contributed by atoms with Gasteiger partial charge in [0.2, 0.25) is 0 Å². The number of carbonyl (C=O) groups excluding carboxylic acids is 1. The van der Waals surface area contributed by atoms with Gasteiger partial charge >= 0.3 is 5.97 Å². The molecule has 2 heterocycles. The molecular formula is C13H18N4O2. The molecule has 2 aromatic rings. The van der Waals surface area contributed by atoms with Crippen LogP contribution in [0.25, 0.3) is 0 Å². The van der Waals surface area contributed by atoms with Crippen molar-refractivity contribution in [1.29, 1.82) is 0 Å². The van der Waals surface area contributed by atoms with Crippen LogP contribution in [-0.2, 0) is 24.8 Å². The normalized spacial score (nSPS) is 10.6. The predicted octanol–water partition coefficient (Wildman–Crippen LogP) is 1.22. The Hall–Kier alpha value is -2.24. The van der Waals surface area contributed by atoms with Gasteiger partial charge in [-0.1, -0.05) is 0 Å². The van der Waals surface area contributed by atoms with Crippen LogP contribution in [0.4, 0.5) is 5.69 Å².